The summed E-state index contributed by atoms with van der Waals surface area (Å²) in [5.74, 6) is 0.849. The van der Waals surface area contributed by atoms with Crippen LogP contribution < -0.4 is 5.32 Å². The van der Waals surface area contributed by atoms with Crippen LogP contribution in [0, 0.1) is 13.8 Å². The lowest BCUT2D eigenvalue weighted by Gasteiger charge is -2.12. The van der Waals surface area contributed by atoms with Crippen molar-refractivity contribution in [2.24, 2.45) is 0 Å². The Labute approximate surface area is 125 Å². The Hall–Kier alpha value is -2.42. The van der Waals surface area contributed by atoms with Crippen LogP contribution in [0.5, 0.6) is 0 Å². The molecule has 3 rings (SSSR count). The number of nitrogens with zero attached hydrogens (tertiary/aromatic N) is 2. The third kappa shape index (κ3) is 2.47. The fraction of sp³-hybridized carbons (Fsp3) is 0.222. The van der Waals surface area contributed by atoms with Gasteiger partial charge in [-0.15, -0.1) is 10.2 Å². The van der Waals surface area contributed by atoms with Gasteiger partial charge in [0, 0.05) is 22.9 Å². The van der Waals surface area contributed by atoms with Gasteiger partial charge in [0.05, 0.1) is 0 Å². The van der Waals surface area contributed by atoms with Crippen molar-refractivity contribution in [3.05, 3.63) is 53.6 Å². The Morgan fingerprint density at radius 3 is 2.48 bits per heavy atom. The first kappa shape index (κ1) is 13.6. The zero-order valence-corrected chi connectivity index (χ0v) is 12.6. The SMILES string of the molecule is CCNc1nnc(-c2cc(C)ccc2C)c2ccccc12. The Bertz CT molecular complexity index is 794. The minimum atomic E-state index is 0.835. The van der Waals surface area contributed by atoms with Crippen molar-refractivity contribution < 1.29 is 0 Å². The summed E-state index contributed by atoms with van der Waals surface area (Å²) >= 11 is 0. The van der Waals surface area contributed by atoms with Gasteiger partial charge in [0.2, 0.25) is 0 Å². The van der Waals surface area contributed by atoms with E-state index < -0.39 is 0 Å². The number of rotatable bonds is 3. The van der Waals surface area contributed by atoms with Crippen LogP contribution in [-0.2, 0) is 0 Å². The lowest BCUT2D eigenvalue weighted by atomic mass is 9.99. The quantitative estimate of drug-likeness (QED) is 0.773. The maximum Gasteiger partial charge on any atom is 0.156 e. The van der Waals surface area contributed by atoms with Crippen LogP contribution in [0.3, 0.4) is 0 Å². The zero-order chi connectivity index (χ0) is 14.8. The fourth-order valence-corrected chi connectivity index (χ4v) is 2.59. The first-order valence-electron chi connectivity index (χ1n) is 7.27. The van der Waals surface area contributed by atoms with Crippen molar-refractivity contribution in [3.8, 4) is 11.3 Å². The van der Waals surface area contributed by atoms with E-state index in [9.17, 15) is 0 Å². The average molecular weight is 277 g/mol. The smallest absolute Gasteiger partial charge is 0.156 e. The summed E-state index contributed by atoms with van der Waals surface area (Å²) in [7, 11) is 0. The monoisotopic (exact) mass is 277 g/mol. The Morgan fingerprint density at radius 2 is 1.71 bits per heavy atom. The normalized spacial score (nSPS) is 10.8. The van der Waals surface area contributed by atoms with Gasteiger partial charge in [0.15, 0.2) is 5.82 Å². The van der Waals surface area contributed by atoms with Gasteiger partial charge in [0.25, 0.3) is 0 Å². The molecule has 106 valence electrons. The number of hydrogen-bond acceptors (Lipinski definition) is 3. The van der Waals surface area contributed by atoms with Crippen LogP contribution in [0.1, 0.15) is 18.1 Å². The second-order valence-corrected chi connectivity index (χ2v) is 5.29. The summed E-state index contributed by atoms with van der Waals surface area (Å²) in [5.41, 5.74) is 4.56. The molecule has 3 nitrogen and oxygen atoms in total. The summed E-state index contributed by atoms with van der Waals surface area (Å²) in [6.07, 6.45) is 0. The van der Waals surface area contributed by atoms with Gasteiger partial charge in [0.1, 0.15) is 5.69 Å². The van der Waals surface area contributed by atoms with Gasteiger partial charge in [-0.2, -0.15) is 0 Å². The lowest BCUT2D eigenvalue weighted by Crippen LogP contribution is -2.03. The molecule has 0 unspecified atom stereocenters. The third-order valence-electron chi connectivity index (χ3n) is 3.68. The number of anilines is 1. The van der Waals surface area contributed by atoms with Crippen molar-refractivity contribution in [2.75, 3.05) is 11.9 Å². The second kappa shape index (κ2) is 5.52. The Morgan fingerprint density at radius 1 is 0.952 bits per heavy atom. The predicted molar refractivity (Wildman–Crippen MR) is 88.6 cm³/mol. The zero-order valence-electron chi connectivity index (χ0n) is 12.6. The Kier molecular flexibility index (Phi) is 3.57. The van der Waals surface area contributed by atoms with E-state index >= 15 is 0 Å². The molecule has 0 saturated heterocycles. The summed E-state index contributed by atoms with van der Waals surface area (Å²) in [6.45, 7) is 7.12. The molecule has 1 aromatic heterocycles. The highest BCUT2D eigenvalue weighted by molar-refractivity contribution is 6.00. The van der Waals surface area contributed by atoms with E-state index in [1.807, 2.05) is 12.1 Å². The average Bonchev–Trinajstić information content (AvgIpc) is 2.51. The minimum absolute atomic E-state index is 0.835. The van der Waals surface area contributed by atoms with E-state index in [0.717, 1.165) is 34.4 Å². The molecule has 3 aromatic rings. The van der Waals surface area contributed by atoms with E-state index in [4.69, 9.17) is 0 Å². The maximum atomic E-state index is 4.49. The molecule has 0 atom stereocenters. The van der Waals surface area contributed by atoms with E-state index in [2.05, 4.69) is 66.6 Å². The molecule has 0 bridgehead atoms. The molecule has 0 spiro atoms. The number of aromatic nitrogens is 2. The first-order valence-corrected chi connectivity index (χ1v) is 7.27. The third-order valence-corrected chi connectivity index (χ3v) is 3.68. The van der Waals surface area contributed by atoms with Crippen LogP contribution in [0.4, 0.5) is 5.82 Å². The van der Waals surface area contributed by atoms with Crippen molar-refractivity contribution in [3.63, 3.8) is 0 Å². The maximum absolute atomic E-state index is 4.49. The van der Waals surface area contributed by atoms with Crippen LogP contribution in [-0.4, -0.2) is 16.7 Å². The number of hydrogen-bond donors (Lipinski definition) is 1. The van der Waals surface area contributed by atoms with Crippen LogP contribution in [0.25, 0.3) is 22.0 Å². The summed E-state index contributed by atoms with van der Waals surface area (Å²) in [4.78, 5) is 0. The number of fused-ring (bicyclic) bond motifs is 1. The molecule has 1 heterocycles. The largest absolute Gasteiger partial charge is 0.368 e. The van der Waals surface area contributed by atoms with Gasteiger partial charge >= 0.3 is 0 Å². The Balaban J connectivity index is 2.29. The van der Waals surface area contributed by atoms with E-state index in [1.54, 1.807) is 0 Å². The molecule has 2 aromatic carbocycles. The predicted octanol–water partition coefficient (Wildman–Crippen LogP) is 4.35. The molecule has 0 aliphatic rings. The lowest BCUT2D eigenvalue weighted by molar-refractivity contribution is 1.03. The second-order valence-electron chi connectivity index (χ2n) is 5.29. The van der Waals surface area contributed by atoms with E-state index in [-0.39, 0.29) is 0 Å². The van der Waals surface area contributed by atoms with Crippen LogP contribution in [0.15, 0.2) is 42.5 Å². The fourth-order valence-electron chi connectivity index (χ4n) is 2.59. The molecule has 1 N–H and O–H groups in total. The molecule has 3 heteroatoms. The molecule has 0 aliphatic heterocycles. The van der Waals surface area contributed by atoms with E-state index in [0.29, 0.717) is 0 Å². The minimum Gasteiger partial charge on any atom is -0.368 e. The topological polar surface area (TPSA) is 37.8 Å². The van der Waals surface area contributed by atoms with Gasteiger partial charge in [-0.1, -0.05) is 42.0 Å². The summed E-state index contributed by atoms with van der Waals surface area (Å²) in [6, 6.07) is 14.7. The van der Waals surface area contributed by atoms with Gasteiger partial charge in [-0.25, -0.2) is 0 Å². The number of aryl methyl sites for hydroxylation is 2. The van der Waals surface area contributed by atoms with Crippen molar-refractivity contribution >= 4 is 16.6 Å². The van der Waals surface area contributed by atoms with Crippen LogP contribution >= 0.6 is 0 Å². The molecular weight excluding hydrogens is 258 g/mol. The molecule has 0 amide bonds. The standard InChI is InChI=1S/C18H19N3/c1-4-19-18-15-8-6-5-7-14(15)17(20-21-18)16-11-12(2)9-10-13(16)3/h5-11H,4H2,1-3H3,(H,19,21). The van der Waals surface area contributed by atoms with Crippen molar-refractivity contribution in [1.29, 1.82) is 0 Å². The molecule has 0 fully saturated rings. The van der Waals surface area contributed by atoms with Gasteiger partial charge in [-0.05, 0) is 32.4 Å². The molecule has 0 saturated carbocycles. The highest BCUT2D eigenvalue weighted by Crippen LogP contribution is 2.31. The number of nitrogens with one attached hydrogen (secondary N) is 1. The first-order chi connectivity index (χ1) is 10.2. The summed E-state index contributed by atoms with van der Waals surface area (Å²) < 4.78 is 0. The van der Waals surface area contributed by atoms with Gasteiger partial charge in [-0.3, -0.25) is 0 Å². The van der Waals surface area contributed by atoms with E-state index in [1.165, 1.54) is 11.1 Å². The van der Waals surface area contributed by atoms with Crippen molar-refractivity contribution in [2.45, 2.75) is 20.8 Å². The highest BCUT2D eigenvalue weighted by Gasteiger charge is 2.12. The van der Waals surface area contributed by atoms with Crippen LogP contribution in [0.2, 0.25) is 0 Å². The molecule has 21 heavy (non-hydrogen) atoms. The van der Waals surface area contributed by atoms with Gasteiger partial charge < -0.3 is 5.32 Å². The number of benzene rings is 2. The van der Waals surface area contributed by atoms with Crippen molar-refractivity contribution in [1.82, 2.24) is 10.2 Å². The highest BCUT2D eigenvalue weighted by atomic mass is 15.2. The summed E-state index contributed by atoms with van der Waals surface area (Å²) in [5, 5.41) is 14.4. The molecule has 0 aliphatic carbocycles. The molecule has 0 radical (unpaired) electrons. The molecular formula is C18H19N3.